The Hall–Kier alpha value is -1.85. The molecule has 2 heterocycles. The lowest BCUT2D eigenvalue weighted by molar-refractivity contribution is 0.0905. The van der Waals surface area contributed by atoms with E-state index < -0.39 is 0 Å². The Balaban J connectivity index is 1.71. The van der Waals surface area contributed by atoms with Crippen LogP contribution in [0.5, 0.6) is 0 Å². The van der Waals surface area contributed by atoms with Gasteiger partial charge in [-0.1, -0.05) is 35.8 Å². The Morgan fingerprint density at radius 1 is 1.45 bits per heavy atom. The second kappa shape index (κ2) is 6.50. The minimum Gasteiger partial charge on any atom is -0.355 e. The number of amides is 1. The van der Waals surface area contributed by atoms with Gasteiger partial charge in [0.25, 0.3) is 5.91 Å². The van der Waals surface area contributed by atoms with Gasteiger partial charge in [-0.15, -0.1) is 0 Å². The molecule has 1 amide bonds. The maximum atomic E-state index is 12.3. The topological polar surface area (TPSA) is 67.2 Å². The summed E-state index contributed by atoms with van der Waals surface area (Å²) in [6, 6.07) is 9.07. The SMILES string of the molecule is CC1CNCCC1NC(=O)c1cc(-c2cccc(Cl)c2)on1. The number of rotatable bonds is 3. The highest BCUT2D eigenvalue weighted by atomic mass is 35.5. The fourth-order valence-electron chi connectivity index (χ4n) is 2.63. The van der Waals surface area contributed by atoms with Gasteiger partial charge >= 0.3 is 0 Å². The van der Waals surface area contributed by atoms with Gasteiger partial charge in [-0.2, -0.15) is 0 Å². The normalized spacial score (nSPS) is 21.5. The van der Waals surface area contributed by atoms with E-state index in [4.69, 9.17) is 16.1 Å². The summed E-state index contributed by atoms with van der Waals surface area (Å²) in [6.07, 6.45) is 0.923. The Bertz CT molecular complexity index is 671. The van der Waals surface area contributed by atoms with Crippen LogP contribution in [-0.4, -0.2) is 30.2 Å². The minimum atomic E-state index is -0.198. The van der Waals surface area contributed by atoms with E-state index in [-0.39, 0.29) is 11.9 Å². The number of halogens is 1. The maximum Gasteiger partial charge on any atom is 0.273 e. The fourth-order valence-corrected chi connectivity index (χ4v) is 2.82. The predicted molar refractivity (Wildman–Crippen MR) is 84.9 cm³/mol. The third-order valence-electron chi connectivity index (χ3n) is 3.95. The smallest absolute Gasteiger partial charge is 0.273 e. The first kappa shape index (κ1) is 15.1. The lowest BCUT2D eigenvalue weighted by Gasteiger charge is -2.29. The van der Waals surface area contributed by atoms with E-state index in [0.29, 0.717) is 22.4 Å². The van der Waals surface area contributed by atoms with Crippen LogP contribution < -0.4 is 10.6 Å². The van der Waals surface area contributed by atoms with Crippen molar-refractivity contribution >= 4 is 17.5 Å². The number of nitrogens with one attached hydrogen (secondary N) is 2. The number of hydrogen-bond donors (Lipinski definition) is 2. The number of aromatic nitrogens is 1. The van der Waals surface area contributed by atoms with Gasteiger partial charge in [-0.25, -0.2) is 0 Å². The molecule has 2 aromatic rings. The fraction of sp³-hybridized carbons (Fsp3) is 0.375. The molecule has 22 heavy (non-hydrogen) atoms. The van der Waals surface area contributed by atoms with Gasteiger partial charge in [0.2, 0.25) is 0 Å². The van der Waals surface area contributed by atoms with Crippen molar-refractivity contribution in [3.63, 3.8) is 0 Å². The number of carbonyl (C=O) groups is 1. The van der Waals surface area contributed by atoms with Crippen LogP contribution in [0.1, 0.15) is 23.8 Å². The molecule has 1 aromatic heterocycles. The third-order valence-corrected chi connectivity index (χ3v) is 4.19. The number of benzene rings is 1. The molecular formula is C16H18ClN3O2. The molecular weight excluding hydrogens is 302 g/mol. The van der Waals surface area contributed by atoms with E-state index >= 15 is 0 Å². The molecule has 1 aromatic carbocycles. The van der Waals surface area contributed by atoms with Gasteiger partial charge in [0.1, 0.15) is 0 Å². The van der Waals surface area contributed by atoms with E-state index in [9.17, 15) is 4.79 Å². The zero-order chi connectivity index (χ0) is 15.5. The zero-order valence-electron chi connectivity index (χ0n) is 12.3. The van der Waals surface area contributed by atoms with Gasteiger partial charge < -0.3 is 15.2 Å². The largest absolute Gasteiger partial charge is 0.355 e. The molecule has 3 rings (SSSR count). The molecule has 6 heteroatoms. The third kappa shape index (κ3) is 3.31. The van der Waals surface area contributed by atoms with Crippen LogP contribution in [0.15, 0.2) is 34.9 Å². The molecule has 0 saturated carbocycles. The maximum absolute atomic E-state index is 12.3. The first-order chi connectivity index (χ1) is 10.6. The lowest BCUT2D eigenvalue weighted by Crippen LogP contribution is -2.48. The monoisotopic (exact) mass is 319 g/mol. The molecule has 116 valence electrons. The van der Waals surface area contributed by atoms with Gasteiger partial charge in [0.15, 0.2) is 11.5 Å². The molecule has 1 saturated heterocycles. The molecule has 2 N–H and O–H groups in total. The molecule has 2 atom stereocenters. The van der Waals surface area contributed by atoms with E-state index in [0.717, 1.165) is 25.1 Å². The first-order valence-corrected chi connectivity index (χ1v) is 7.75. The van der Waals surface area contributed by atoms with Crippen molar-refractivity contribution in [1.82, 2.24) is 15.8 Å². The second-order valence-corrected chi connectivity index (χ2v) is 6.07. The van der Waals surface area contributed by atoms with Crippen LogP contribution in [-0.2, 0) is 0 Å². The van der Waals surface area contributed by atoms with Crippen LogP contribution in [0.4, 0.5) is 0 Å². The number of piperidine rings is 1. The van der Waals surface area contributed by atoms with Crippen molar-refractivity contribution in [2.75, 3.05) is 13.1 Å². The molecule has 1 fully saturated rings. The second-order valence-electron chi connectivity index (χ2n) is 5.64. The van der Waals surface area contributed by atoms with Crippen LogP contribution in [0.25, 0.3) is 11.3 Å². The van der Waals surface area contributed by atoms with Crippen molar-refractivity contribution in [2.45, 2.75) is 19.4 Å². The summed E-state index contributed by atoms with van der Waals surface area (Å²) in [4.78, 5) is 12.3. The highest BCUT2D eigenvalue weighted by Gasteiger charge is 2.24. The Morgan fingerprint density at radius 3 is 3.09 bits per heavy atom. The first-order valence-electron chi connectivity index (χ1n) is 7.38. The van der Waals surface area contributed by atoms with Crippen LogP contribution >= 0.6 is 11.6 Å². The number of hydrogen-bond acceptors (Lipinski definition) is 4. The molecule has 5 nitrogen and oxygen atoms in total. The highest BCUT2D eigenvalue weighted by molar-refractivity contribution is 6.30. The minimum absolute atomic E-state index is 0.167. The van der Waals surface area contributed by atoms with E-state index in [1.54, 1.807) is 18.2 Å². The Labute approximate surface area is 134 Å². The summed E-state index contributed by atoms with van der Waals surface area (Å²) in [7, 11) is 0. The average Bonchev–Trinajstić information content (AvgIpc) is 2.99. The van der Waals surface area contributed by atoms with Gasteiger partial charge in [-0.3, -0.25) is 4.79 Å². The average molecular weight is 320 g/mol. The molecule has 0 aliphatic carbocycles. The van der Waals surface area contributed by atoms with Crippen LogP contribution in [0.3, 0.4) is 0 Å². The summed E-state index contributed by atoms with van der Waals surface area (Å²) in [5.41, 5.74) is 1.09. The van der Waals surface area contributed by atoms with E-state index in [2.05, 4.69) is 22.7 Å². The number of nitrogens with zero attached hydrogens (tertiary/aromatic N) is 1. The van der Waals surface area contributed by atoms with Crippen LogP contribution in [0, 0.1) is 5.92 Å². The number of carbonyl (C=O) groups excluding carboxylic acids is 1. The van der Waals surface area contributed by atoms with Gasteiger partial charge in [0, 0.05) is 22.7 Å². The van der Waals surface area contributed by atoms with Gasteiger partial charge in [-0.05, 0) is 37.6 Å². The summed E-state index contributed by atoms with van der Waals surface area (Å²) in [5.74, 6) is 0.735. The summed E-state index contributed by atoms with van der Waals surface area (Å²) < 4.78 is 5.26. The highest BCUT2D eigenvalue weighted by Crippen LogP contribution is 2.23. The standard InChI is InChI=1S/C16H18ClN3O2/c1-10-9-18-6-5-13(10)19-16(21)14-8-15(22-20-14)11-3-2-4-12(17)7-11/h2-4,7-8,10,13,18H,5-6,9H2,1H3,(H,19,21). The van der Waals surface area contributed by atoms with Gasteiger partial charge in [0.05, 0.1) is 0 Å². The molecule has 0 bridgehead atoms. The Kier molecular flexibility index (Phi) is 4.45. The van der Waals surface area contributed by atoms with E-state index in [1.165, 1.54) is 0 Å². The molecule has 1 aliphatic heterocycles. The Morgan fingerprint density at radius 2 is 2.32 bits per heavy atom. The van der Waals surface area contributed by atoms with Crippen LogP contribution in [0.2, 0.25) is 5.02 Å². The zero-order valence-corrected chi connectivity index (χ0v) is 13.1. The summed E-state index contributed by atoms with van der Waals surface area (Å²) in [6.45, 7) is 3.96. The molecule has 1 aliphatic rings. The summed E-state index contributed by atoms with van der Waals surface area (Å²) >= 11 is 5.96. The molecule has 2 unspecified atom stereocenters. The lowest BCUT2D eigenvalue weighted by atomic mass is 9.95. The summed E-state index contributed by atoms with van der Waals surface area (Å²) in [5, 5.41) is 10.8. The van der Waals surface area contributed by atoms with Crippen molar-refractivity contribution in [3.05, 3.63) is 41.0 Å². The van der Waals surface area contributed by atoms with Crippen molar-refractivity contribution in [3.8, 4) is 11.3 Å². The van der Waals surface area contributed by atoms with Crippen molar-refractivity contribution < 1.29 is 9.32 Å². The molecule has 0 spiro atoms. The van der Waals surface area contributed by atoms with Crippen molar-refractivity contribution in [1.29, 1.82) is 0 Å². The van der Waals surface area contributed by atoms with Crippen molar-refractivity contribution in [2.24, 2.45) is 5.92 Å². The van der Waals surface area contributed by atoms with E-state index in [1.807, 2.05) is 12.1 Å². The predicted octanol–water partition coefficient (Wildman–Crippen LogP) is 2.72. The quantitative estimate of drug-likeness (QED) is 0.913. The molecule has 0 radical (unpaired) electrons.